The van der Waals surface area contributed by atoms with Crippen molar-refractivity contribution in [1.82, 2.24) is 4.98 Å². The van der Waals surface area contributed by atoms with Gasteiger partial charge < -0.3 is 0 Å². The first-order chi connectivity index (χ1) is 6.32. The van der Waals surface area contributed by atoms with Gasteiger partial charge in [-0.15, -0.1) is 0 Å². The third-order valence-corrected chi connectivity index (χ3v) is 2.15. The van der Waals surface area contributed by atoms with Gasteiger partial charge >= 0.3 is 6.18 Å². The van der Waals surface area contributed by atoms with Gasteiger partial charge in [-0.3, -0.25) is 15.1 Å². The lowest BCUT2D eigenvalue weighted by atomic mass is 10.3. The lowest BCUT2D eigenvalue weighted by Gasteiger charge is -2.04. The summed E-state index contributed by atoms with van der Waals surface area (Å²) in [7, 11) is 0. The number of halogens is 4. The van der Waals surface area contributed by atoms with Gasteiger partial charge in [-0.05, 0) is 22.6 Å². The normalized spacial score (nSPS) is 11.4. The van der Waals surface area contributed by atoms with Gasteiger partial charge in [-0.1, -0.05) is 0 Å². The molecule has 8 heteroatoms. The van der Waals surface area contributed by atoms with Crippen molar-refractivity contribution in [2.24, 2.45) is 0 Å². The lowest BCUT2D eigenvalue weighted by Crippen LogP contribution is -2.09. The minimum Gasteiger partial charge on any atom is -0.258 e. The minimum absolute atomic E-state index is 0.0700. The first kappa shape index (κ1) is 11.1. The fraction of sp³-hybridized carbons (Fsp3) is 0.167. The van der Waals surface area contributed by atoms with E-state index in [1.165, 1.54) is 0 Å². The first-order valence-electron chi connectivity index (χ1n) is 3.19. The van der Waals surface area contributed by atoms with Gasteiger partial charge in [0.15, 0.2) is 5.69 Å². The average molecular weight is 318 g/mol. The number of pyridine rings is 1. The molecule has 1 heterocycles. The molecule has 0 amide bonds. The van der Waals surface area contributed by atoms with Crippen LogP contribution < -0.4 is 0 Å². The zero-order valence-electron chi connectivity index (χ0n) is 6.38. The topological polar surface area (TPSA) is 56.0 Å². The predicted octanol–water partition coefficient (Wildman–Crippen LogP) is 2.61. The van der Waals surface area contributed by atoms with Crippen molar-refractivity contribution in [3.05, 3.63) is 31.6 Å². The maximum atomic E-state index is 12.1. The molecule has 0 aromatic carbocycles. The molecule has 1 aromatic rings. The SMILES string of the molecule is O=[N+]([O-])c1cc(C(F)(F)F)ncc1I. The van der Waals surface area contributed by atoms with E-state index in [9.17, 15) is 23.3 Å². The number of alkyl halides is 3. The van der Waals surface area contributed by atoms with Gasteiger partial charge in [-0.25, -0.2) is 0 Å². The summed E-state index contributed by atoms with van der Waals surface area (Å²) in [5, 5.41) is 10.3. The Kier molecular flexibility index (Phi) is 2.92. The summed E-state index contributed by atoms with van der Waals surface area (Å²) >= 11 is 1.55. The summed E-state index contributed by atoms with van der Waals surface area (Å²) in [4.78, 5) is 12.5. The number of hydrogen-bond acceptors (Lipinski definition) is 3. The van der Waals surface area contributed by atoms with Crippen LogP contribution in [0.4, 0.5) is 18.9 Å². The van der Waals surface area contributed by atoms with Crippen LogP contribution in [-0.4, -0.2) is 9.91 Å². The average Bonchev–Trinajstić information content (AvgIpc) is 2.02. The standard InChI is InChI=1S/C6H2F3IN2O2/c7-6(8,9)5-1-4(12(13)14)3(10)2-11-5/h1-2H. The van der Waals surface area contributed by atoms with Crippen molar-refractivity contribution in [2.75, 3.05) is 0 Å². The smallest absolute Gasteiger partial charge is 0.258 e. The van der Waals surface area contributed by atoms with Gasteiger partial charge in [0.2, 0.25) is 0 Å². The Morgan fingerprint density at radius 3 is 2.50 bits per heavy atom. The zero-order valence-corrected chi connectivity index (χ0v) is 8.53. The molecule has 0 spiro atoms. The molecular formula is C6H2F3IN2O2. The Hall–Kier alpha value is -0.930. The lowest BCUT2D eigenvalue weighted by molar-refractivity contribution is -0.386. The van der Waals surface area contributed by atoms with Crippen molar-refractivity contribution in [1.29, 1.82) is 0 Å². The Labute approximate surface area is 89.4 Å². The van der Waals surface area contributed by atoms with Crippen LogP contribution in [0, 0.1) is 13.7 Å². The molecule has 0 atom stereocenters. The van der Waals surface area contributed by atoms with Crippen LogP contribution in [0.1, 0.15) is 5.69 Å². The molecule has 0 N–H and O–H groups in total. The fourth-order valence-corrected chi connectivity index (χ4v) is 1.21. The van der Waals surface area contributed by atoms with Crippen LogP contribution in [0.5, 0.6) is 0 Å². The van der Waals surface area contributed by atoms with Crippen LogP contribution in [-0.2, 0) is 6.18 Å². The van der Waals surface area contributed by atoms with E-state index in [2.05, 4.69) is 4.98 Å². The Bertz CT molecular complexity index is 380. The summed E-state index contributed by atoms with van der Waals surface area (Å²) in [6.07, 6.45) is -3.84. The molecule has 0 fully saturated rings. The van der Waals surface area contributed by atoms with Gasteiger partial charge in [0, 0.05) is 12.3 Å². The fourth-order valence-electron chi connectivity index (χ4n) is 0.723. The van der Waals surface area contributed by atoms with E-state index < -0.39 is 22.5 Å². The van der Waals surface area contributed by atoms with Gasteiger partial charge in [-0.2, -0.15) is 13.2 Å². The molecule has 4 nitrogen and oxygen atoms in total. The largest absolute Gasteiger partial charge is 0.433 e. The summed E-state index contributed by atoms with van der Waals surface area (Å²) in [5.41, 5.74) is -1.85. The molecule has 0 radical (unpaired) electrons. The summed E-state index contributed by atoms with van der Waals surface area (Å²) in [5.74, 6) is 0. The monoisotopic (exact) mass is 318 g/mol. The van der Waals surface area contributed by atoms with E-state index in [0.717, 1.165) is 6.20 Å². The molecule has 0 aliphatic carbocycles. The maximum Gasteiger partial charge on any atom is 0.433 e. The Balaban J connectivity index is 3.27. The van der Waals surface area contributed by atoms with Crippen LogP contribution in [0.25, 0.3) is 0 Å². The minimum atomic E-state index is -4.66. The summed E-state index contributed by atoms with van der Waals surface area (Å²) < 4.78 is 36.3. The second kappa shape index (κ2) is 3.67. The predicted molar refractivity (Wildman–Crippen MR) is 48.6 cm³/mol. The summed E-state index contributed by atoms with van der Waals surface area (Å²) in [6.45, 7) is 0. The molecule has 0 aliphatic heterocycles. The van der Waals surface area contributed by atoms with Crippen molar-refractivity contribution in [3.8, 4) is 0 Å². The highest BCUT2D eigenvalue weighted by Gasteiger charge is 2.34. The molecule has 14 heavy (non-hydrogen) atoms. The first-order valence-corrected chi connectivity index (χ1v) is 4.27. The van der Waals surface area contributed by atoms with E-state index >= 15 is 0 Å². The van der Waals surface area contributed by atoms with E-state index in [-0.39, 0.29) is 3.57 Å². The number of nitrogens with zero attached hydrogens (tertiary/aromatic N) is 2. The van der Waals surface area contributed by atoms with Crippen molar-refractivity contribution < 1.29 is 18.1 Å². The molecule has 1 rings (SSSR count). The second-order valence-electron chi connectivity index (χ2n) is 2.28. The van der Waals surface area contributed by atoms with Crippen LogP contribution in [0.2, 0.25) is 0 Å². The quantitative estimate of drug-likeness (QED) is 0.454. The zero-order chi connectivity index (χ0) is 10.9. The third kappa shape index (κ3) is 2.30. The van der Waals surface area contributed by atoms with E-state index in [1.54, 1.807) is 22.6 Å². The molecule has 0 saturated heterocycles. The summed E-state index contributed by atoms with van der Waals surface area (Å²) in [6, 6.07) is 0.418. The van der Waals surface area contributed by atoms with Crippen molar-refractivity contribution >= 4 is 28.3 Å². The van der Waals surface area contributed by atoms with Crippen LogP contribution in [0.3, 0.4) is 0 Å². The number of rotatable bonds is 1. The molecular weight excluding hydrogens is 316 g/mol. The molecule has 1 aromatic heterocycles. The van der Waals surface area contributed by atoms with Gasteiger partial charge in [0.1, 0.15) is 3.57 Å². The third-order valence-electron chi connectivity index (χ3n) is 1.32. The maximum absolute atomic E-state index is 12.1. The van der Waals surface area contributed by atoms with E-state index in [1.807, 2.05) is 0 Å². The van der Waals surface area contributed by atoms with Crippen LogP contribution in [0.15, 0.2) is 12.3 Å². The van der Waals surface area contributed by atoms with Gasteiger partial charge in [0.25, 0.3) is 5.69 Å². The van der Waals surface area contributed by atoms with E-state index in [4.69, 9.17) is 0 Å². The number of hydrogen-bond donors (Lipinski definition) is 0. The molecule has 0 aliphatic rings. The second-order valence-corrected chi connectivity index (χ2v) is 3.44. The van der Waals surface area contributed by atoms with E-state index in [0.29, 0.717) is 6.07 Å². The molecule has 0 saturated carbocycles. The molecule has 0 bridgehead atoms. The highest BCUT2D eigenvalue weighted by molar-refractivity contribution is 14.1. The highest BCUT2D eigenvalue weighted by Crippen LogP contribution is 2.31. The number of nitro groups is 1. The molecule has 0 unspecified atom stereocenters. The number of aromatic nitrogens is 1. The molecule has 76 valence electrons. The van der Waals surface area contributed by atoms with Crippen LogP contribution >= 0.6 is 22.6 Å². The van der Waals surface area contributed by atoms with Crippen molar-refractivity contribution in [3.63, 3.8) is 0 Å². The van der Waals surface area contributed by atoms with Gasteiger partial charge in [0.05, 0.1) is 4.92 Å². The van der Waals surface area contributed by atoms with Crippen molar-refractivity contribution in [2.45, 2.75) is 6.18 Å². The highest BCUT2D eigenvalue weighted by atomic mass is 127. The Morgan fingerprint density at radius 2 is 2.07 bits per heavy atom. The Morgan fingerprint density at radius 1 is 1.50 bits per heavy atom.